The summed E-state index contributed by atoms with van der Waals surface area (Å²) in [5.74, 6) is 0.369. The number of amides is 1. The smallest absolute Gasteiger partial charge is 0.252 e. The maximum atomic E-state index is 12.9. The van der Waals surface area contributed by atoms with Crippen molar-refractivity contribution in [3.63, 3.8) is 0 Å². The van der Waals surface area contributed by atoms with Gasteiger partial charge in [-0.2, -0.15) is 0 Å². The van der Waals surface area contributed by atoms with Crippen LogP contribution in [0.2, 0.25) is 0 Å². The van der Waals surface area contributed by atoms with Gasteiger partial charge in [-0.05, 0) is 25.3 Å². The topological polar surface area (TPSA) is 60.5 Å². The van der Waals surface area contributed by atoms with Crippen LogP contribution < -0.4 is 10.1 Å². The summed E-state index contributed by atoms with van der Waals surface area (Å²) in [5.41, 5.74) is 1.36. The highest BCUT2D eigenvalue weighted by Crippen LogP contribution is 2.39. The highest BCUT2D eigenvalue weighted by atomic mass is 16.5. The van der Waals surface area contributed by atoms with Crippen molar-refractivity contribution < 1.29 is 14.3 Å². The summed E-state index contributed by atoms with van der Waals surface area (Å²) >= 11 is 0. The Bertz CT molecular complexity index is 784. The van der Waals surface area contributed by atoms with Gasteiger partial charge in [0.25, 0.3) is 5.91 Å². The van der Waals surface area contributed by atoms with Crippen molar-refractivity contribution in [1.29, 1.82) is 0 Å². The molecule has 4 rings (SSSR count). The number of carbonyl (C=O) groups is 1. The van der Waals surface area contributed by atoms with E-state index >= 15 is 0 Å². The SMILES string of the molecule is COc1cc(C(=O)NC2COC3(CCCCC3)C2)c2ccccc2n1. The molecule has 2 heterocycles. The average Bonchev–Trinajstić information content (AvgIpc) is 3.03. The number of aromatic nitrogens is 1. The highest BCUT2D eigenvalue weighted by molar-refractivity contribution is 6.06. The van der Waals surface area contributed by atoms with Crippen LogP contribution in [0.1, 0.15) is 48.9 Å². The zero-order valence-electron chi connectivity index (χ0n) is 14.6. The molecular weight excluding hydrogens is 316 g/mol. The van der Waals surface area contributed by atoms with Crippen LogP contribution in [0, 0.1) is 0 Å². The second kappa shape index (κ2) is 6.64. The van der Waals surface area contributed by atoms with E-state index in [2.05, 4.69) is 10.3 Å². The normalized spacial score (nSPS) is 22.2. The Balaban J connectivity index is 1.54. The molecule has 2 aromatic rings. The molecule has 1 N–H and O–H groups in total. The molecule has 1 aromatic carbocycles. The maximum Gasteiger partial charge on any atom is 0.252 e. The number of ether oxygens (including phenoxy) is 2. The van der Waals surface area contributed by atoms with E-state index in [0.717, 1.165) is 30.2 Å². The van der Waals surface area contributed by atoms with Crippen molar-refractivity contribution in [1.82, 2.24) is 10.3 Å². The zero-order valence-corrected chi connectivity index (χ0v) is 14.6. The Labute approximate surface area is 147 Å². The van der Waals surface area contributed by atoms with Gasteiger partial charge in [0.2, 0.25) is 5.88 Å². The second-order valence-corrected chi connectivity index (χ2v) is 7.16. The molecule has 5 nitrogen and oxygen atoms in total. The van der Waals surface area contributed by atoms with Crippen LogP contribution in [0.3, 0.4) is 0 Å². The van der Waals surface area contributed by atoms with Gasteiger partial charge < -0.3 is 14.8 Å². The van der Waals surface area contributed by atoms with Crippen molar-refractivity contribution in [3.05, 3.63) is 35.9 Å². The van der Waals surface area contributed by atoms with E-state index < -0.39 is 0 Å². The van der Waals surface area contributed by atoms with Crippen LogP contribution >= 0.6 is 0 Å². The lowest BCUT2D eigenvalue weighted by Crippen LogP contribution is -2.37. The predicted molar refractivity (Wildman–Crippen MR) is 95.9 cm³/mol. The lowest BCUT2D eigenvalue weighted by molar-refractivity contribution is -0.0246. The molecule has 2 fully saturated rings. The standard InChI is InChI=1S/C20H24N2O3/c1-24-18-11-16(15-7-3-4-8-17(15)22-18)19(23)21-14-12-20(25-13-14)9-5-2-6-10-20/h3-4,7-8,11,14H,2,5-6,9-10,12-13H2,1H3,(H,21,23). The molecule has 0 radical (unpaired) electrons. The summed E-state index contributed by atoms with van der Waals surface area (Å²) < 4.78 is 11.4. The Kier molecular flexibility index (Phi) is 4.34. The number of carbonyl (C=O) groups excluding carboxylic acids is 1. The lowest BCUT2D eigenvalue weighted by Gasteiger charge is -2.32. The predicted octanol–water partition coefficient (Wildman–Crippen LogP) is 3.47. The minimum Gasteiger partial charge on any atom is -0.481 e. The van der Waals surface area contributed by atoms with Gasteiger partial charge in [0.1, 0.15) is 0 Å². The van der Waals surface area contributed by atoms with Gasteiger partial charge in [0.15, 0.2) is 0 Å². The van der Waals surface area contributed by atoms with E-state index in [1.54, 1.807) is 13.2 Å². The first-order valence-electron chi connectivity index (χ1n) is 9.08. The zero-order chi connectivity index (χ0) is 17.3. The van der Waals surface area contributed by atoms with Crippen LogP contribution in [-0.4, -0.2) is 36.3 Å². The molecule has 1 unspecified atom stereocenters. The minimum atomic E-state index is -0.0849. The molecule has 1 amide bonds. The number of nitrogens with zero attached hydrogens (tertiary/aromatic N) is 1. The van der Waals surface area contributed by atoms with E-state index in [-0.39, 0.29) is 17.6 Å². The molecule has 1 aliphatic carbocycles. The molecule has 1 aromatic heterocycles. The van der Waals surface area contributed by atoms with Gasteiger partial charge in [-0.25, -0.2) is 4.98 Å². The van der Waals surface area contributed by atoms with Gasteiger partial charge in [0, 0.05) is 11.5 Å². The largest absolute Gasteiger partial charge is 0.481 e. The van der Waals surface area contributed by atoms with E-state index in [4.69, 9.17) is 9.47 Å². The van der Waals surface area contributed by atoms with Crippen molar-refractivity contribution in [3.8, 4) is 5.88 Å². The monoisotopic (exact) mass is 340 g/mol. The third-order valence-corrected chi connectivity index (χ3v) is 5.46. The average molecular weight is 340 g/mol. The van der Waals surface area contributed by atoms with Gasteiger partial charge in [-0.15, -0.1) is 0 Å². The number of pyridine rings is 1. The number of methoxy groups -OCH3 is 1. The quantitative estimate of drug-likeness (QED) is 0.929. The van der Waals surface area contributed by atoms with Gasteiger partial charge in [0.05, 0.1) is 36.4 Å². The van der Waals surface area contributed by atoms with Crippen LogP contribution in [0.25, 0.3) is 10.9 Å². The number of nitrogens with one attached hydrogen (secondary N) is 1. The molecule has 1 aliphatic heterocycles. The van der Waals surface area contributed by atoms with Crippen LogP contribution in [0.5, 0.6) is 5.88 Å². The molecule has 1 saturated carbocycles. The third-order valence-electron chi connectivity index (χ3n) is 5.46. The fraction of sp³-hybridized carbons (Fsp3) is 0.500. The molecule has 1 spiro atoms. The molecule has 2 aliphatic rings. The first-order chi connectivity index (χ1) is 12.2. The number of hydrogen-bond acceptors (Lipinski definition) is 4. The number of fused-ring (bicyclic) bond motifs is 1. The first-order valence-corrected chi connectivity index (χ1v) is 9.08. The number of rotatable bonds is 3. The summed E-state index contributed by atoms with van der Waals surface area (Å²) in [4.78, 5) is 17.3. The van der Waals surface area contributed by atoms with Crippen molar-refractivity contribution in [2.75, 3.05) is 13.7 Å². The van der Waals surface area contributed by atoms with E-state index in [9.17, 15) is 4.79 Å². The number of para-hydroxylation sites is 1. The molecule has 25 heavy (non-hydrogen) atoms. The molecule has 132 valence electrons. The number of benzene rings is 1. The molecule has 5 heteroatoms. The first kappa shape index (κ1) is 16.3. The summed E-state index contributed by atoms with van der Waals surface area (Å²) in [5, 5.41) is 4.00. The van der Waals surface area contributed by atoms with Gasteiger partial charge in [-0.3, -0.25) is 4.79 Å². The Morgan fingerprint density at radius 3 is 2.88 bits per heavy atom. The molecule has 1 atom stereocenters. The molecular formula is C20H24N2O3. The minimum absolute atomic E-state index is 0.00576. The molecule has 1 saturated heterocycles. The van der Waals surface area contributed by atoms with E-state index in [1.807, 2.05) is 24.3 Å². The van der Waals surface area contributed by atoms with Crippen LogP contribution in [0.15, 0.2) is 30.3 Å². The van der Waals surface area contributed by atoms with Crippen molar-refractivity contribution >= 4 is 16.8 Å². The van der Waals surface area contributed by atoms with Crippen LogP contribution in [0.4, 0.5) is 0 Å². The fourth-order valence-corrected chi connectivity index (χ4v) is 4.19. The Morgan fingerprint density at radius 1 is 1.28 bits per heavy atom. The fourth-order valence-electron chi connectivity index (χ4n) is 4.19. The van der Waals surface area contributed by atoms with Crippen molar-refractivity contribution in [2.45, 2.75) is 50.2 Å². The molecule has 0 bridgehead atoms. The highest BCUT2D eigenvalue weighted by Gasteiger charge is 2.41. The Hall–Kier alpha value is -2.14. The van der Waals surface area contributed by atoms with Crippen molar-refractivity contribution in [2.24, 2.45) is 0 Å². The Morgan fingerprint density at radius 2 is 2.08 bits per heavy atom. The maximum absolute atomic E-state index is 12.9. The third kappa shape index (κ3) is 3.21. The summed E-state index contributed by atoms with van der Waals surface area (Å²) in [6.45, 7) is 0.603. The van der Waals surface area contributed by atoms with Gasteiger partial charge >= 0.3 is 0 Å². The number of hydrogen-bond donors (Lipinski definition) is 1. The summed E-state index contributed by atoms with van der Waals surface area (Å²) in [7, 11) is 1.57. The van der Waals surface area contributed by atoms with E-state index in [0.29, 0.717) is 18.1 Å². The summed E-state index contributed by atoms with van der Waals surface area (Å²) in [6, 6.07) is 9.43. The van der Waals surface area contributed by atoms with Gasteiger partial charge in [-0.1, -0.05) is 37.5 Å². The lowest BCUT2D eigenvalue weighted by atomic mass is 9.82. The van der Waals surface area contributed by atoms with E-state index in [1.165, 1.54) is 19.3 Å². The summed E-state index contributed by atoms with van der Waals surface area (Å²) in [6.07, 6.45) is 6.90. The van der Waals surface area contributed by atoms with Crippen LogP contribution in [-0.2, 0) is 4.74 Å². The second-order valence-electron chi connectivity index (χ2n) is 7.16.